The van der Waals surface area contributed by atoms with Crippen LogP contribution in [0.5, 0.6) is 0 Å². The lowest BCUT2D eigenvalue weighted by Crippen LogP contribution is -2.21. The first-order valence-corrected chi connectivity index (χ1v) is 5.52. The monoisotopic (exact) mass is 253 g/mol. The van der Waals surface area contributed by atoms with Crippen LogP contribution in [-0.2, 0) is 4.79 Å². The van der Waals surface area contributed by atoms with E-state index in [2.05, 4.69) is 5.32 Å². The first-order chi connectivity index (χ1) is 8.19. The third-order valence-electron chi connectivity index (χ3n) is 2.18. The third-order valence-corrected chi connectivity index (χ3v) is 2.18. The number of carboxylic acids is 1. The highest BCUT2D eigenvalue weighted by Crippen LogP contribution is 2.22. The van der Waals surface area contributed by atoms with Crippen molar-refractivity contribution in [1.29, 1.82) is 0 Å². The van der Waals surface area contributed by atoms with E-state index < -0.39 is 11.8 Å². The Kier molecular flexibility index (Phi) is 4.06. The van der Waals surface area contributed by atoms with Gasteiger partial charge in [0.1, 0.15) is 5.82 Å². The fourth-order valence-corrected chi connectivity index (χ4v) is 1.48. The predicted molar refractivity (Wildman–Crippen MR) is 66.1 cm³/mol. The molecule has 4 nitrogen and oxygen atoms in total. The van der Waals surface area contributed by atoms with Gasteiger partial charge in [-0.1, -0.05) is 20.8 Å². The van der Waals surface area contributed by atoms with Crippen molar-refractivity contribution in [3.8, 4) is 0 Å². The van der Waals surface area contributed by atoms with E-state index >= 15 is 0 Å². The van der Waals surface area contributed by atoms with Gasteiger partial charge in [-0.05, 0) is 23.6 Å². The van der Waals surface area contributed by atoms with Crippen LogP contribution < -0.4 is 5.32 Å². The first kappa shape index (κ1) is 14.2. The van der Waals surface area contributed by atoms with Gasteiger partial charge in [0.2, 0.25) is 5.91 Å². The SMILES string of the molecule is CC(C)(C)CC(=O)Nc1cc(F)ccc1C(=O)O. The van der Waals surface area contributed by atoms with Crippen molar-refractivity contribution in [3.05, 3.63) is 29.6 Å². The molecule has 0 heterocycles. The number of carboxylic acid groups (broad SMARTS) is 1. The molecular formula is C13H16FNO3. The number of amides is 1. The Morgan fingerprint density at radius 2 is 1.94 bits per heavy atom. The van der Waals surface area contributed by atoms with Crippen LogP contribution in [-0.4, -0.2) is 17.0 Å². The fraction of sp³-hybridized carbons (Fsp3) is 0.385. The summed E-state index contributed by atoms with van der Waals surface area (Å²) in [7, 11) is 0. The zero-order valence-corrected chi connectivity index (χ0v) is 10.6. The van der Waals surface area contributed by atoms with Gasteiger partial charge < -0.3 is 10.4 Å². The molecule has 18 heavy (non-hydrogen) atoms. The molecule has 0 aliphatic rings. The van der Waals surface area contributed by atoms with Crippen LogP contribution in [0.15, 0.2) is 18.2 Å². The van der Waals surface area contributed by atoms with Gasteiger partial charge >= 0.3 is 5.97 Å². The molecule has 1 aromatic carbocycles. The van der Waals surface area contributed by atoms with Crippen molar-refractivity contribution >= 4 is 17.6 Å². The number of halogens is 1. The lowest BCUT2D eigenvalue weighted by atomic mass is 9.92. The highest BCUT2D eigenvalue weighted by molar-refractivity contribution is 6.00. The predicted octanol–water partition coefficient (Wildman–Crippen LogP) is 2.90. The minimum absolute atomic E-state index is 0.0169. The number of aromatic carboxylic acids is 1. The molecule has 1 aromatic rings. The maximum Gasteiger partial charge on any atom is 0.337 e. The van der Waals surface area contributed by atoms with E-state index in [-0.39, 0.29) is 29.0 Å². The Morgan fingerprint density at radius 3 is 2.44 bits per heavy atom. The van der Waals surface area contributed by atoms with Crippen molar-refractivity contribution in [3.63, 3.8) is 0 Å². The summed E-state index contributed by atoms with van der Waals surface area (Å²) in [4.78, 5) is 22.6. The van der Waals surface area contributed by atoms with Gasteiger partial charge in [-0.15, -0.1) is 0 Å². The third kappa shape index (κ3) is 4.16. The minimum Gasteiger partial charge on any atom is -0.478 e. The van der Waals surface area contributed by atoms with Crippen LogP contribution in [0.4, 0.5) is 10.1 Å². The van der Waals surface area contributed by atoms with E-state index in [0.717, 1.165) is 18.2 Å². The second-order valence-corrected chi connectivity index (χ2v) is 5.28. The van der Waals surface area contributed by atoms with Gasteiger partial charge in [-0.25, -0.2) is 9.18 Å². The number of carbonyl (C=O) groups excluding carboxylic acids is 1. The molecule has 1 amide bonds. The maximum absolute atomic E-state index is 13.1. The molecule has 0 unspecified atom stereocenters. The van der Waals surface area contributed by atoms with Crippen LogP contribution in [0.2, 0.25) is 0 Å². The van der Waals surface area contributed by atoms with Crippen LogP contribution in [0.25, 0.3) is 0 Å². The van der Waals surface area contributed by atoms with Gasteiger partial charge in [0.15, 0.2) is 0 Å². The first-order valence-electron chi connectivity index (χ1n) is 5.52. The smallest absolute Gasteiger partial charge is 0.337 e. The zero-order chi connectivity index (χ0) is 13.9. The molecule has 0 bridgehead atoms. The van der Waals surface area contributed by atoms with Crippen LogP contribution >= 0.6 is 0 Å². The minimum atomic E-state index is -1.21. The summed E-state index contributed by atoms with van der Waals surface area (Å²) in [6, 6.07) is 3.18. The van der Waals surface area contributed by atoms with Gasteiger partial charge in [0, 0.05) is 6.42 Å². The molecule has 1 rings (SSSR count). The molecular weight excluding hydrogens is 237 g/mol. The number of hydrogen-bond acceptors (Lipinski definition) is 2. The number of hydrogen-bond donors (Lipinski definition) is 2. The Labute approximate surface area is 105 Å². The van der Waals surface area contributed by atoms with Gasteiger partial charge in [-0.3, -0.25) is 4.79 Å². The molecule has 0 aliphatic heterocycles. The van der Waals surface area contributed by atoms with E-state index in [1.54, 1.807) is 0 Å². The number of nitrogens with one attached hydrogen (secondary N) is 1. The molecule has 0 atom stereocenters. The van der Waals surface area contributed by atoms with Crippen LogP contribution in [0.1, 0.15) is 37.6 Å². The Bertz CT molecular complexity index is 478. The summed E-state index contributed by atoms with van der Waals surface area (Å²) < 4.78 is 13.1. The van der Waals surface area contributed by atoms with Crippen molar-refractivity contribution in [2.45, 2.75) is 27.2 Å². The van der Waals surface area contributed by atoms with E-state index in [1.165, 1.54) is 0 Å². The number of anilines is 1. The molecule has 5 heteroatoms. The van der Waals surface area contributed by atoms with E-state index in [0.29, 0.717) is 0 Å². The second kappa shape index (κ2) is 5.16. The zero-order valence-electron chi connectivity index (χ0n) is 10.6. The quantitative estimate of drug-likeness (QED) is 0.870. The lowest BCUT2D eigenvalue weighted by Gasteiger charge is -2.17. The standard InChI is InChI=1S/C13H16FNO3/c1-13(2,3)7-11(16)15-10-6-8(14)4-5-9(10)12(17)18/h4-6H,7H2,1-3H3,(H,15,16)(H,17,18). The number of carbonyl (C=O) groups is 2. The van der Waals surface area contributed by atoms with E-state index in [4.69, 9.17) is 5.11 Å². The maximum atomic E-state index is 13.1. The van der Waals surface area contributed by atoms with Crippen LogP contribution in [0.3, 0.4) is 0 Å². The summed E-state index contributed by atoms with van der Waals surface area (Å²) in [6.07, 6.45) is 0.225. The lowest BCUT2D eigenvalue weighted by molar-refractivity contribution is -0.117. The highest BCUT2D eigenvalue weighted by atomic mass is 19.1. The summed E-state index contributed by atoms with van der Waals surface area (Å²) in [5.41, 5.74) is -0.365. The van der Waals surface area contributed by atoms with Crippen LogP contribution in [0, 0.1) is 11.2 Å². The van der Waals surface area contributed by atoms with Gasteiger partial charge in [0.05, 0.1) is 11.3 Å². The van der Waals surface area contributed by atoms with Crippen molar-refractivity contribution < 1.29 is 19.1 Å². The largest absolute Gasteiger partial charge is 0.478 e. The average molecular weight is 253 g/mol. The summed E-state index contributed by atoms with van der Waals surface area (Å²) in [5, 5.41) is 11.4. The molecule has 98 valence electrons. The topological polar surface area (TPSA) is 66.4 Å². The molecule has 0 saturated heterocycles. The van der Waals surface area contributed by atoms with E-state index in [9.17, 15) is 14.0 Å². The number of benzene rings is 1. The molecule has 2 N–H and O–H groups in total. The Morgan fingerprint density at radius 1 is 1.33 bits per heavy atom. The van der Waals surface area contributed by atoms with Crippen molar-refractivity contribution in [2.75, 3.05) is 5.32 Å². The highest BCUT2D eigenvalue weighted by Gasteiger charge is 2.18. The fourth-order valence-electron chi connectivity index (χ4n) is 1.48. The normalized spacial score (nSPS) is 11.1. The van der Waals surface area contributed by atoms with E-state index in [1.807, 2.05) is 20.8 Å². The Hall–Kier alpha value is -1.91. The summed E-state index contributed by atoms with van der Waals surface area (Å²) in [6.45, 7) is 5.66. The molecule has 0 saturated carbocycles. The van der Waals surface area contributed by atoms with Gasteiger partial charge in [-0.2, -0.15) is 0 Å². The molecule has 0 aromatic heterocycles. The van der Waals surface area contributed by atoms with Gasteiger partial charge in [0.25, 0.3) is 0 Å². The molecule has 0 radical (unpaired) electrons. The van der Waals surface area contributed by atoms with Crippen molar-refractivity contribution in [1.82, 2.24) is 0 Å². The molecule has 0 fully saturated rings. The molecule has 0 aliphatic carbocycles. The second-order valence-electron chi connectivity index (χ2n) is 5.28. The number of rotatable bonds is 3. The molecule has 0 spiro atoms. The Balaban J connectivity index is 2.93. The summed E-state index contributed by atoms with van der Waals surface area (Å²) >= 11 is 0. The summed E-state index contributed by atoms with van der Waals surface area (Å²) in [5.74, 6) is -2.14. The van der Waals surface area contributed by atoms with Crippen molar-refractivity contribution in [2.24, 2.45) is 5.41 Å². The average Bonchev–Trinajstić information content (AvgIpc) is 2.13.